The van der Waals surface area contributed by atoms with Crippen LogP contribution in [0, 0.1) is 0 Å². The minimum Gasteiger partial charge on any atom is -0.346 e. The van der Waals surface area contributed by atoms with Crippen molar-refractivity contribution in [3.63, 3.8) is 0 Å². The number of amides is 1. The number of benzene rings is 1. The number of hydrogen-bond acceptors (Lipinski definition) is 3. The molecule has 0 aromatic heterocycles. The molecule has 4 nitrogen and oxygen atoms in total. The summed E-state index contributed by atoms with van der Waals surface area (Å²) < 4.78 is 10.9. The van der Waals surface area contributed by atoms with Gasteiger partial charge in [-0.25, -0.2) is 0 Å². The Morgan fingerprint density at radius 2 is 2.06 bits per heavy atom. The first-order valence-electron chi connectivity index (χ1n) is 6.01. The van der Waals surface area contributed by atoms with Gasteiger partial charge in [0, 0.05) is 24.2 Å². The summed E-state index contributed by atoms with van der Waals surface area (Å²) in [4.78, 5) is 13.5. The molecule has 96 valence electrons. The molecular weight excluding hydrogens is 254 g/mol. The van der Waals surface area contributed by atoms with Crippen LogP contribution < -0.4 is 4.90 Å². The highest BCUT2D eigenvalue weighted by atomic mass is 35.5. The molecule has 1 aromatic rings. The molecule has 1 atom stereocenters. The third kappa shape index (κ3) is 2.23. The number of alkyl halides is 1. The molecule has 1 unspecified atom stereocenters. The summed E-state index contributed by atoms with van der Waals surface area (Å²) in [6.45, 7) is 1.79. The van der Waals surface area contributed by atoms with Crippen LogP contribution in [0.15, 0.2) is 24.3 Å². The van der Waals surface area contributed by atoms with E-state index in [1.54, 1.807) is 4.90 Å². The van der Waals surface area contributed by atoms with Gasteiger partial charge in [0.2, 0.25) is 5.91 Å². The number of rotatable bonds is 2. The number of carbonyl (C=O) groups excluding carboxylic acids is 1. The molecule has 2 fully saturated rings. The highest BCUT2D eigenvalue weighted by Gasteiger charge is 2.29. The first-order chi connectivity index (χ1) is 8.74. The molecule has 2 heterocycles. The summed E-state index contributed by atoms with van der Waals surface area (Å²) >= 11 is 6.01. The van der Waals surface area contributed by atoms with Crippen LogP contribution in [-0.4, -0.2) is 31.0 Å². The van der Waals surface area contributed by atoms with Gasteiger partial charge in [0.25, 0.3) is 0 Å². The topological polar surface area (TPSA) is 38.8 Å². The number of nitrogens with zero attached hydrogens (tertiary/aromatic N) is 1. The Morgan fingerprint density at radius 3 is 2.72 bits per heavy atom. The highest BCUT2D eigenvalue weighted by molar-refractivity contribution is 6.24. The van der Waals surface area contributed by atoms with Crippen LogP contribution >= 0.6 is 11.6 Å². The van der Waals surface area contributed by atoms with Gasteiger partial charge in [-0.3, -0.25) is 4.79 Å². The lowest BCUT2D eigenvalue weighted by atomic mass is 10.2. The fraction of sp³-hybridized carbons (Fsp3) is 0.462. The molecule has 5 heteroatoms. The quantitative estimate of drug-likeness (QED) is 0.770. The largest absolute Gasteiger partial charge is 0.346 e. The van der Waals surface area contributed by atoms with Crippen LogP contribution in [0.3, 0.4) is 0 Å². The number of anilines is 1. The van der Waals surface area contributed by atoms with Gasteiger partial charge in [-0.15, -0.1) is 11.6 Å². The van der Waals surface area contributed by atoms with E-state index < -0.39 is 0 Å². The maximum Gasteiger partial charge on any atom is 0.228 e. The van der Waals surface area contributed by atoms with E-state index in [0.29, 0.717) is 26.2 Å². The average Bonchev–Trinajstić information content (AvgIpc) is 2.99. The molecule has 0 radical (unpaired) electrons. The zero-order valence-corrected chi connectivity index (χ0v) is 10.6. The molecule has 2 aliphatic rings. The standard InChI is InChI=1S/C13H14ClNO3/c14-10-7-12(16)15(8-10)11-3-1-2-9(6-11)13-17-4-5-18-13/h1-3,6,10,13H,4-5,7-8H2. The summed E-state index contributed by atoms with van der Waals surface area (Å²) in [6, 6.07) is 7.69. The molecule has 0 aliphatic carbocycles. The second-order valence-electron chi connectivity index (χ2n) is 4.47. The van der Waals surface area contributed by atoms with Crippen molar-refractivity contribution in [2.75, 3.05) is 24.7 Å². The zero-order chi connectivity index (χ0) is 12.5. The molecule has 2 aliphatic heterocycles. The summed E-state index contributed by atoms with van der Waals surface area (Å²) in [5.41, 5.74) is 1.80. The van der Waals surface area contributed by atoms with Crippen molar-refractivity contribution in [2.45, 2.75) is 18.1 Å². The Morgan fingerprint density at radius 1 is 1.28 bits per heavy atom. The Labute approximate surface area is 110 Å². The van der Waals surface area contributed by atoms with Crippen LogP contribution in [0.25, 0.3) is 0 Å². The van der Waals surface area contributed by atoms with Crippen molar-refractivity contribution in [3.8, 4) is 0 Å². The normalized spacial score (nSPS) is 25.1. The number of halogens is 1. The molecule has 0 spiro atoms. The summed E-state index contributed by atoms with van der Waals surface area (Å²) in [7, 11) is 0. The van der Waals surface area contributed by atoms with Crippen LogP contribution in [0.4, 0.5) is 5.69 Å². The van der Waals surface area contributed by atoms with Crippen molar-refractivity contribution < 1.29 is 14.3 Å². The monoisotopic (exact) mass is 267 g/mol. The van der Waals surface area contributed by atoms with E-state index in [0.717, 1.165) is 11.3 Å². The van der Waals surface area contributed by atoms with E-state index in [9.17, 15) is 4.79 Å². The molecule has 0 saturated carbocycles. The number of carbonyl (C=O) groups is 1. The first kappa shape index (κ1) is 12.0. The number of ether oxygens (including phenoxy) is 2. The molecule has 1 aromatic carbocycles. The van der Waals surface area contributed by atoms with Crippen molar-refractivity contribution in [2.24, 2.45) is 0 Å². The molecule has 2 saturated heterocycles. The molecule has 1 amide bonds. The highest BCUT2D eigenvalue weighted by Crippen LogP contribution is 2.29. The Balaban J connectivity index is 1.84. The molecular formula is C13H14ClNO3. The van der Waals surface area contributed by atoms with Gasteiger partial charge in [-0.05, 0) is 12.1 Å². The van der Waals surface area contributed by atoms with E-state index in [-0.39, 0.29) is 17.6 Å². The van der Waals surface area contributed by atoms with Gasteiger partial charge in [0.05, 0.1) is 18.6 Å². The second kappa shape index (κ2) is 4.88. The second-order valence-corrected chi connectivity index (χ2v) is 5.09. The summed E-state index contributed by atoms with van der Waals surface area (Å²) in [5.74, 6) is 0.0698. The van der Waals surface area contributed by atoms with Crippen molar-refractivity contribution >= 4 is 23.2 Å². The maximum atomic E-state index is 11.8. The van der Waals surface area contributed by atoms with Crippen LogP contribution in [-0.2, 0) is 14.3 Å². The molecule has 18 heavy (non-hydrogen) atoms. The van der Waals surface area contributed by atoms with E-state index in [2.05, 4.69) is 0 Å². The van der Waals surface area contributed by atoms with Crippen molar-refractivity contribution in [1.29, 1.82) is 0 Å². The lowest BCUT2D eigenvalue weighted by Crippen LogP contribution is -2.24. The predicted molar refractivity (Wildman–Crippen MR) is 67.7 cm³/mol. The summed E-state index contributed by atoms with van der Waals surface area (Å²) in [5, 5.41) is -0.0971. The van der Waals surface area contributed by atoms with E-state index in [1.807, 2.05) is 24.3 Å². The number of hydrogen-bond donors (Lipinski definition) is 0. The average molecular weight is 268 g/mol. The van der Waals surface area contributed by atoms with E-state index in [4.69, 9.17) is 21.1 Å². The predicted octanol–water partition coefficient (Wildman–Crippen LogP) is 2.08. The van der Waals surface area contributed by atoms with E-state index >= 15 is 0 Å². The van der Waals surface area contributed by atoms with Gasteiger partial charge in [0.15, 0.2) is 6.29 Å². The lowest BCUT2D eigenvalue weighted by molar-refractivity contribution is -0.117. The minimum absolute atomic E-state index is 0.0698. The van der Waals surface area contributed by atoms with Crippen LogP contribution in [0.1, 0.15) is 18.3 Å². The minimum atomic E-state index is -0.311. The Bertz CT molecular complexity index is 459. The zero-order valence-electron chi connectivity index (χ0n) is 9.84. The summed E-state index contributed by atoms with van der Waals surface area (Å²) in [6.07, 6.45) is 0.0943. The first-order valence-corrected chi connectivity index (χ1v) is 6.45. The Kier molecular flexibility index (Phi) is 3.24. The fourth-order valence-corrected chi connectivity index (χ4v) is 2.57. The van der Waals surface area contributed by atoms with Gasteiger partial charge in [-0.1, -0.05) is 12.1 Å². The maximum absolute atomic E-state index is 11.8. The Hall–Kier alpha value is -1.10. The molecule has 0 bridgehead atoms. The van der Waals surface area contributed by atoms with Gasteiger partial charge >= 0.3 is 0 Å². The molecule has 3 rings (SSSR count). The lowest BCUT2D eigenvalue weighted by Gasteiger charge is -2.18. The SMILES string of the molecule is O=C1CC(Cl)CN1c1cccc(C2OCCO2)c1. The van der Waals surface area contributed by atoms with Crippen LogP contribution in [0.5, 0.6) is 0 Å². The fourth-order valence-electron chi connectivity index (χ4n) is 2.30. The van der Waals surface area contributed by atoms with Gasteiger partial charge in [-0.2, -0.15) is 0 Å². The van der Waals surface area contributed by atoms with Gasteiger partial charge in [0.1, 0.15) is 0 Å². The third-order valence-electron chi connectivity index (χ3n) is 3.15. The molecule has 0 N–H and O–H groups in total. The van der Waals surface area contributed by atoms with E-state index in [1.165, 1.54) is 0 Å². The smallest absolute Gasteiger partial charge is 0.228 e. The third-order valence-corrected chi connectivity index (χ3v) is 3.45. The van der Waals surface area contributed by atoms with Crippen molar-refractivity contribution in [3.05, 3.63) is 29.8 Å². The van der Waals surface area contributed by atoms with Crippen molar-refractivity contribution in [1.82, 2.24) is 0 Å². The van der Waals surface area contributed by atoms with Crippen LogP contribution in [0.2, 0.25) is 0 Å². The van der Waals surface area contributed by atoms with Gasteiger partial charge < -0.3 is 14.4 Å².